The summed E-state index contributed by atoms with van der Waals surface area (Å²) in [6.07, 6.45) is 0.729. The van der Waals surface area contributed by atoms with Gasteiger partial charge in [-0.05, 0) is 42.1 Å². The van der Waals surface area contributed by atoms with Crippen molar-refractivity contribution in [3.8, 4) is 0 Å². The lowest BCUT2D eigenvalue weighted by molar-refractivity contribution is 0.558. The van der Waals surface area contributed by atoms with Crippen LogP contribution in [0, 0.1) is 0 Å². The predicted octanol–water partition coefficient (Wildman–Crippen LogP) is 5.60. The van der Waals surface area contributed by atoms with Gasteiger partial charge in [-0.25, -0.2) is 0 Å². The van der Waals surface area contributed by atoms with E-state index in [0.717, 1.165) is 28.4 Å². The molecule has 0 aliphatic heterocycles. The molecule has 5 heteroatoms. The molecule has 1 aromatic carbocycles. The lowest BCUT2D eigenvalue weighted by atomic mass is 10.0. The smallest absolute Gasteiger partial charge is 0.0561 e. The Morgan fingerprint density at radius 2 is 1.79 bits per heavy atom. The van der Waals surface area contributed by atoms with E-state index in [4.69, 9.17) is 34.8 Å². The van der Waals surface area contributed by atoms with E-state index in [0.29, 0.717) is 10.0 Å². The molecule has 0 saturated heterocycles. The summed E-state index contributed by atoms with van der Waals surface area (Å²) in [5.41, 5.74) is 0.959. The number of halogens is 3. The molecule has 1 heterocycles. The fourth-order valence-electron chi connectivity index (χ4n) is 1.99. The molecule has 1 N–H and O–H groups in total. The number of rotatable bonds is 5. The van der Waals surface area contributed by atoms with E-state index in [-0.39, 0.29) is 6.04 Å². The van der Waals surface area contributed by atoms with Crippen LogP contribution in [0.15, 0.2) is 29.6 Å². The largest absolute Gasteiger partial charge is 0.309 e. The van der Waals surface area contributed by atoms with Crippen molar-refractivity contribution in [2.75, 3.05) is 6.54 Å². The van der Waals surface area contributed by atoms with Crippen molar-refractivity contribution in [1.82, 2.24) is 5.32 Å². The van der Waals surface area contributed by atoms with E-state index in [2.05, 4.69) is 12.2 Å². The molecular weight excluding hydrogens is 321 g/mol. The fraction of sp³-hybridized carbons (Fsp3) is 0.286. The normalized spacial score (nSPS) is 12.6. The topological polar surface area (TPSA) is 12.0 Å². The van der Waals surface area contributed by atoms with E-state index >= 15 is 0 Å². The van der Waals surface area contributed by atoms with E-state index in [1.807, 2.05) is 29.6 Å². The van der Waals surface area contributed by atoms with Crippen molar-refractivity contribution < 1.29 is 0 Å². The minimum Gasteiger partial charge on any atom is -0.309 e. The van der Waals surface area contributed by atoms with E-state index in [9.17, 15) is 0 Å². The Morgan fingerprint density at radius 3 is 2.32 bits per heavy atom. The second kappa shape index (κ2) is 6.96. The second-order valence-corrected chi connectivity index (χ2v) is 6.32. The first-order valence-electron chi connectivity index (χ1n) is 6.02. The van der Waals surface area contributed by atoms with Crippen molar-refractivity contribution in [3.05, 3.63) is 55.2 Å². The van der Waals surface area contributed by atoms with Crippen LogP contribution in [-0.4, -0.2) is 6.54 Å². The van der Waals surface area contributed by atoms with E-state index < -0.39 is 0 Å². The Hall–Kier alpha value is -0.250. The lowest BCUT2D eigenvalue weighted by Gasteiger charge is -2.18. The molecule has 0 radical (unpaired) electrons. The van der Waals surface area contributed by atoms with Crippen molar-refractivity contribution in [2.24, 2.45) is 0 Å². The molecule has 1 nitrogen and oxygen atoms in total. The van der Waals surface area contributed by atoms with Crippen LogP contribution < -0.4 is 5.32 Å². The lowest BCUT2D eigenvalue weighted by Crippen LogP contribution is -2.22. The molecule has 102 valence electrons. The number of benzene rings is 1. The van der Waals surface area contributed by atoms with Crippen LogP contribution in [0.5, 0.6) is 0 Å². The van der Waals surface area contributed by atoms with Gasteiger partial charge in [-0.2, -0.15) is 0 Å². The monoisotopic (exact) mass is 333 g/mol. The average Bonchev–Trinajstić information content (AvgIpc) is 2.79. The molecule has 2 aromatic rings. The Bertz CT molecular complexity index is 533. The third-order valence-corrected chi connectivity index (χ3v) is 5.06. The highest BCUT2D eigenvalue weighted by atomic mass is 35.5. The van der Waals surface area contributed by atoms with Crippen LogP contribution in [0.3, 0.4) is 0 Å². The van der Waals surface area contributed by atoms with Gasteiger partial charge < -0.3 is 5.32 Å². The van der Waals surface area contributed by atoms with Crippen molar-refractivity contribution >= 4 is 46.1 Å². The van der Waals surface area contributed by atoms with Gasteiger partial charge in [0.05, 0.1) is 5.02 Å². The molecule has 2 rings (SSSR count). The third kappa shape index (κ3) is 3.65. The van der Waals surface area contributed by atoms with Gasteiger partial charge in [0.1, 0.15) is 0 Å². The third-order valence-electron chi connectivity index (χ3n) is 2.88. The molecule has 0 bridgehead atoms. The highest BCUT2D eigenvalue weighted by molar-refractivity contribution is 7.10. The van der Waals surface area contributed by atoms with Crippen LogP contribution in [0.25, 0.3) is 0 Å². The number of thiophene rings is 1. The molecule has 0 fully saturated rings. The van der Waals surface area contributed by atoms with Gasteiger partial charge in [0.2, 0.25) is 0 Å². The average molecular weight is 335 g/mol. The zero-order valence-electron chi connectivity index (χ0n) is 10.4. The molecule has 0 spiro atoms. The summed E-state index contributed by atoms with van der Waals surface area (Å²) in [6, 6.07) is 7.63. The molecule has 0 aliphatic rings. The Balaban J connectivity index is 2.29. The van der Waals surface area contributed by atoms with Gasteiger partial charge in [0.25, 0.3) is 0 Å². The van der Waals surface area contributed by atoms with Gasteiger partial charge >= 0.3 is 0 Å². The quantitative estimate of drug-likeness (QED) is 0.750. The SMILES string of the molecule is CCNC(Cc1c(Cl)cccc1Cl)c1sccc1Cl. The van der Waals surface area contributed by atoms with Gasteiger partial charge in [-0.15, -0.1) is 11.3 Å². The first-order chi connectivity index (χ1) is 9.13. The highest BCUT2D eigenvalue weighted by Crippen LogP contribution is 2.34. The Kier molecular flexibility index (Phi) is 5.55. The summed E-state index contributed by atoms with van der Waals surface area (Å²) < 4.78 is 0. The number of nitrogens with one attached hydrogen (secondary N) is 1. The first kappa shape index (κ1) is 15.1. The highest BCUT2D eigenvalue weighted by Gasteiger charge is 2.18. The maximum Gasteiger partial charge on any atom is 0.0561 e. The van der Waals surface area contributed by atoms with Crippen LogP contribution >= 0.6 is 46.1 Å². The Labute approximate surface area is 132 Å². The molecule has 0 saturated carbocycles. The van der Waals surface area contributed by atoms with E-state index in [1.54, 1.807) is 11.3 Å². The Morgan fingerprint density at radius 1 is 1.11 bits per heavy atom. The van der Waals surface area contributed by atoms with E-state index in [1.165, 1.54) is 0 Å². The minimum absolute atomic E-state index is 0.134. The summed E-state index contributed by atoms with van der Waals surface area (Å²) in [6.45, 7) is 2.93. The molecule has 1 unspecified atom stereocenters. The first-order valence-corrected chi connectivity index (χ1v) is 8.04. The summed E-state index contributed by atoms with van der Waals surface area (Å²) in [5, 5.41) is 7.62. The molecular formula is C14H14Cl3NS. The zero-order chi connectivity index (χ0) is 13.8. The zero-order valence-corrected chi connectivity index (χ0v) is 13.5. The fourth-order valence-corrected chi connectivity index (χ4v) is 3.81. The maximum absolute atomic E-state index is 6.23. The van der Waals surface area contributed by atoms with Gasteiger partial charge in [0, 0.05) is 21.0 Å². The van der Waals surface area contributed by atoms with Crippen molar-refractivity contribution in [2.45, 2.75) is 19.4 Å². The van der Waals surface area contributed by atoms with Gasteiger partial charge in [0.15, 0.2) is 0 Å². The van der Waals surface area contributed by atoms with Crippen LogP contribution in [-0.2, 0) is 6.42 Å². The number of hydrogen-bond acceptors (Lipinski definition) is 2. The summed E-state index contributed by atoms with van der Waals surface area (Å²) in [5.74, 6) is 0. The summed E-state index contributed by atoms with van der Waals surface area (Å²) >= 11 is 20.3. The standard InChI is InChI=1S/C14H14Cl3NS/c1-2-18-13(14-12(17)6-7-19-14)8-9-10(15)4-3-5-11(9)16/h3-7,13,18H,2,8H2,1H3. The molecule has 19 heavy (non-hydrogen) atoms. The van der Waals surface area contributed by atoms with Crippen molar-refractivity contribution in [3.63, 3.8) is 0 Å². The molecule has 1 atom stereocenters. The molecule has 0 aliphatic carbocycles. The van der Waals surface area contributed by atoms with Crippen LogP contribution in [0.4, 0.5) is 0 Å². The molecule has 1 aromatic heterocycles. The minimum atomic E-state index is 0.134. The van der Waals surface area contributed by atoms with Crippen LogP contribution in [0.2, 0.25) is 15.1 Å². The second-order valence-electron chi connectivity index (χ2n) is 4.15. The number of hydrogen-bond donors (Lipinski definition) is 1. The van der Waals surface area contributed by atoms with Crippen molar-refractivity contribution in [1.29, 1.82) is 0 Å². The summed E-state index contributed by atoms with van der Waals surface area (Å²) in [4.78, 5) is 1.12. The van der Waals surface area contributed by atoms with Gasteiger partial charge in [-0.1, -0.05) is 47.8 Å². The molecule has 0 amide bonds. The van der Waals surface area contributed by atoms with Crippen LogP contribution in [0.1, 0.15) is 23.4 Å². The number of likely N-dealkylation sites (N-methyl/N-ethyl adjacent to an activating group) is 1. The summed E-state index contributed by atoms with van der Waals surface area (Å²) in [7, 11) is 0. The maximum atomic E-state index is 6.23. The predicted molar refractivity (Wildman–Crippen MR) is 85.9 cm³/mol. The van der Waals surface area contributed by atoms with Gasteiger partial charge in [-0.3, -0.25) is 0 Å².